The quantitative estimate of drug-likeness (QED) is 0.281. The lowest BCUT2D eigenvalue weighted by atomic mass is 10.0. The van der Waals surface area contributed by atoms with E-state index in [1.165, 1.54) is 6.08 Å². The number of anilines is 1. The van der Waals surface area contributed by atoms with Gasteiger partial charge in [0.15, 0.2) is 0 Å². The number of aromatic nitrogens is 2. The van der Waals surface area contributed by atoms with Crippen LogP contribution in [0, 0.1) is 6.92 Å². The van der Waals surface area contributed by atoms with Crippen molar-refractivity contribution >= 4 is 40.5 Å². The molecule has 160 valence electrons. The molecule has 3 rings (SSSR count). The van der Waals surface area contributed by atoms with E-state index in [-0.39, 0.29) is 17.0 Å². The highest BCUT2D eigenvalue weighted by Gasteiger charge is 2.15. The average Bonchev–Trinajstić information content (AvgIpc) is 3.09. The largest absolute Gasteiger partial charge is 0.391 e. The van der Waals surface area contributed by atoms with Crippen LogP contribution in [0.25, 0.3) is 11.1 Å². The van der Waals surface area contributed by atoms with Crippen molar-refractivity contribution in [3.05, 3.63) is 82.1 Å². The molecule has 0 atom stereocenters. The predicted molar refractivity (Wildman–Crippen MR) is 126 cm³/mol. The molecule has 8 heteroatoms. The van der Waals surface area contributed by atoms with Gasteiger partial charge in [-0.1, -0.05) is 70.8 Å². The monoisotopic (exact) mass is 456 g/mol. The summed E-state index contributed by atoms with van der Waals surface area (Å²) in [5.41, 5.74) is 5.47. The summed E-state index contributed by atoms with van der Waals surface area (Å²) in [6, 6.07) is 15.5. The third-order valence-electron chi connectivity index (χ3n) is 4.56. The fraction of sp³-hybridized carbons (Fsp3) is 0.174. The summed E-state index contributed by atoms with van der Waals surface area (Å²) < 4.78 is 1.77. The van der Waals surface area contributed by atoms with Gasteiger partial charge in [0.05, 0.1) is 17.0 Å². The Morgan fingerprint density at radius 2 is 1.90 bits per heavy atom. The Morgan fingerprint density at radius 3 is 2.55 bits per heavy atom. The SMILES string of the molecule is CC(=NOCC=C(Cl)Cl)c1ccc(-c2ccccc2NC(=O)c2cn(C)nc2C)cc1. The van der Waals surface area contributed by atoms with Gasteiger partial charge in [-0.25, -0.2) is 0 Å². The van der Waals surface area contributed by atoms with Crippen LogP contribution >= 0.6 is 23.2 Å². The second-order valence-corrected chi connectivity index (χ2v) is 7.85. The van der Waals surface area contributed by atoms with Crippen LogP contribution < -0.4 is 5.32 Å². The number of amides is 1. The van der Waals surface area contributed by atoms with Crippen molar-refractivity contribution in [2.75, 3.05) is 11.9 Å². The zero-order valence-corrected chi connectivity index (χ0v) is 18.9. The minimum atomic E-state index is -0.194. The molecule has 0 spiro atoms. The van der Waals surface area contributed by atoms with Crippen LogP contribution in [0.3, 0.4) is 0 Å². The first kappa shape index (κ1) is 22.6. The normalized spacial score (nSPS) is 11.2. The highest BCUT2D eigenvalue weighted by Crippen LogP contribution is 2.28. The maximum atomic E-state index is 12.7. The number of rotatable bonds is 7. The van der Waals surface area contributed by atoms with Crippen molar-refractivity contribution in [1.82, 2.24) is 9.78 Å². The van der Waals surface area contributed by atoms with Crippen molar-refractivity contribution in [3.63, 3.8) is 0 Å². The van der Waals surface area contributed by atoms with E-state index in [0.29, 0.717) is 11.3 Å². The smallest absolute Gasteiger partial charge is 0.259 e. The van der Waals surface area contributed by atoms with Gasteiger partial charge in [-0.2, -0.15) is 5.10 Å². The Labute approximate surface area is 191 Å². The van der Waals surface area contributed by atoms with Gasteiger partial charge in [0.1, 0.15) is 11.1 Å². The van der Waals surface area contributed by atoms with Crippen molar-refractivity contribution < 1.29 is 9.63 Å². The van der Waals surface area contributed by atoms with Crippen LogP contribution in [0.1, 0.15) is 28.5 Å². The number of carbonyl (C=O) groups excluding carboxylic acids is 1. The van der Waals surface area contributed by atoms with Crippen LogP contribution in [0.2, 0.25) is 0 Å². The van der Waals surface area contributed by atoms with Crippen molar-refractivity contribution in [1.29, 1.82) is 0 Å². The molecular formula is C23H22Cl2N4O2. The second-order valence-electron chi connectivity index (χ2n) is 6.85. The molecule has 0 aliphatic carbocycles. The zero-order chi connectivity index (χ0) is 22.4. The predicted octanol–water partition coefficient (Wildman–Crippen LogP) is 5.71. The molecule has 0 aliphatic rings. The molecular weight excluding hydrogens is 435 g/mol. The van der Waals surface area contributed by atoms with E-state index in [0.717, 1.165) is 28.1 Å². The molecule has 0 radical (unpaired) electrons. The standard InChI is InChI=1S/C23H22Cl2N4O2/c1-15(28-31-13-12-22(24)25)17-8-10-18(11-9-17)19-6-4-5-7-21(19)26-23(30)20-14-29(3)27-16(20)2/h4-12,14H,13H2,1-3H3,(H,26,30). The molecule has 3 aromatic rings. The number of oxime groups is 1. The molecule has 1 amide bonds. The lowest BCUT2D eigenvalue weighted by Gasteiger charge is -2.12. The summed E-state index contributed by atoms with van der Waals surface area (Å²) in [5.74, 6) is -0.194. The van der Waals surface area contributed by atoms with Gasteiger partial charge in [0.2, 0.25) is 0 Å². The van der Waals surface area contributed by atoms with Crippen LogP contribution in [-0.2, 0) is 11.9 Å². The van der Waals surface area contributed by atoms with E-state index in [2.05, 4.69) is 15.6 Å². The number of carbonyl (C=O) groups is 1. The van der Waals surface area contributed by atoms with Gasteiger partial charge in [0.25, 0.3) is 5.91 Å². The second kappa shape index (κ2) is 10.3. The highest BCUT2D eigenvalue weighted by atomic mass is 35.5. The Kier molecular flexibility index (Phi) is 7.50. The van der Waals surface area contributed by atoms with Gasteiger partial charge in [-0.05, 0) is 37.1 Å². The molecule has 1 N–H and O–H groups in total. The van der Waals surface area contributed by atoms with Gasteiger partial charge in [0, 0.05) is 24.5 Å². The Balaban J connectivity index is 1.78. The third-order valence-corrected chi connectivity index (χ3v) is 4.87. The van der Waals surface area contributed by atoms with Crippen LogP contribution in [0.4, 0.5) is 5.69 Å². The number of nitrogens with one attached hydrogen (secondary N) is 1. The Morgan fingerprint density at radius 1 is 1.19 bits per heavy atom. The van der Waals surface area contributed by atoms with E-state index >= 15 is 0 Å². The van der Waals surface area contributed by atoms with E-state index in [4.69, 9.17) is 28.0 Å². The molecule has 6 nitrogen and oxygen atoms in total. The lowest BCUT2D eigenvalue weighted by Crippen LogP contribution is -2.13. The Bertz CT molecular complexity index is 1130. The number of nitrogens with zero attached hydrogens (tertiary/aromatic N) is 3. The summed E-state index contributed by atoms with van der Waals surface area (Å²) in [5, 5.41) is 11.3. The average molecular weight is 457 g/mol. The molecule has 0 aliphatic heterocycles. The minimum Gasteiger partial charge on any atom is -0.391 e. The molecule has 0 saturated heterocycles. The van der Waals surface area contributed by atoms with Crippen LogP contribution in [-0.4, -0.2) is 28.0 Å². The molecule has 31 heavy (non-hydrogen) atoms. The molecule has 0 fully saturated rings. The fourth-order valence-corrected chi connectivity index (χ4v) is 3.16. The number of halogens is 2. The first-order valence-electron chi connectivity index (χ1n) is 9.54. The molecule has 1 aromatic heterocycles. The maximum Gasteiger partial charge on any atom is 0.259 e. The number of hydrogen-bond acceptors (Lipinski definition) is 4. The van der Waals surface area contributed by atoms with E-state index in [1.807, 2.05) is 62.4 Å². The van der Waals surface area contributed by atoms with Crippen LogP contribution in [0.15, 0.2) is 70.5 Å². The molecule has 2 aromatic carbocycles. The molecule has 0 saturated carbocycles. The minimum absolute atomic E-state index is 0.140. The number of benzene rings is 2. The first-order chi connectivity index (χ1) is 14.8. The van der Waals surface area contributed by atoms with Crippen molar-refractivity contribution in [3.8, 4) is 11.1 Å². The van der Waals surface area contributed by atoms with Crippen molar-refractivity contribution in [2.24, 2.45) is 12.2 Å². The number of aryl methyl sites for hydroxylation is 2. The Hall–Kier alpha value is -3.09. The van der Waals surface area contributed by atoms with E-state index < -0.39 is 0 Å². The third kappa shape index (κ3) is 5.96. The lowest BCUT2D eigenvalue weighted by molar-refractivity contribution is 0.102. The van der Waals surface area contributed by atoms with Crippen molar-refractivity contribution in [2.45, 2.75) is 13.8 Å². The summed E-state index contributed by atoms with van der Waals surface area (Å²) in [4.78, 5) is 17.9. The van der Waals surface area contributed by atoms with E-state index in [1.54, 1.807) is 17.9 Å². The topological polar surface area (TPSA) is 68.5 Å². The summed E-state index contributed by atoms with van der Waals surface area (Å²) >= 11 is 11.1. The molecule has 0 unspecified atom stereocenters. The first-order valence-corrected chi connectivity index (χ1v) is 10.3. The number of hydrogen-bond donors (Lipinski definition) is 1. The molecule has 0 bridgehead atoms. The van der Waals surface area contributed by atoms with Gasteiger partial charge < -0.3 is 10.2 Å². The maximum absolute atomic E-state index is 12.7. The fourth-order valence-electron chi connectivity index (χ4n) is 3.03. The summed E-state index contributed by atoms with van der Waals surface area (Å²) in [6.45, 7) is 3.86. The van der Waals surface area contributed by atoms with Gasteiger partial charge in [-0.3, -0.25) is 9.48 Å². The summed E-state index contributed by atoms with van der Waals surface area (Å²) in [7, 11) is 1.79. The summed E-state index contributed by atoms with van der Waals surface area (Å²) in [6.07, 6.45) is 3.23. The van der Waals surface area contributed by atoms with E-state index in [9.17, 15) is 4.79 Å². The zero-order valence-electron chi connectivity index (χ0n) is 17.4. The van der Waals surface area contributed by atoms with Gasteiger partial charge >= 0.3 is 0 Å². The molecule has 1 heterocycles. The number of para-hydroxylation sites is 1. The highest BCUT2D eigenvalue weighted by molar-refractivity contribution is 6.55. The van der Waals surface area contributed by atoms with Gasteiger partial charge in [-0.15, -0.1) is 0 Å². The van der Waals surface area contributed by atoms with Crippen LogP contribution in [0.5, 0.6) is 0 Å².